The molecule has 0 spiro atoms. The minimum Gasteiger partial charge on any atom is -0.299 e. The van der Waals surface area contributed by atoms with Crippen molar-refractivity contribution in [2.45, 2.75) is 59.4 Å². The number of unbranched alkanes of at least 4 members (excludes halogenated alkanes) is 2. The third-order valence-electron chi connectivity index (χ3n) is 5.68. The van der Waals surface area contributed by atoms with Crippen molar-refractivity contribution in [3.8, 4) is 0 Å². The Labute approximate surface area is 170 Å². The molecule has 28 heavy (non-hydrogen) atoms. The van der Waals surface area contributed by atoms with E-state index in [0.29, 0.717) is 0 Å². The van der Waals surface area contributed by atoms with E-state index < -0.39 is 21.8 Å². The van der Waals surface area contributed by atoms with Crippen LogP contribution in [0.5, 0.6) is 0 Å². The van der Waals surface area contributed by atoms with Crippen molar-refractivity contribution in [1.29, 1.82) is 5.53 Å². The maximum Gasteiger partial charge on any atom is 0.248 e. The summed E-state index contributed by atoms with van der Waals surface area (Å²) in [6.07, 6.45) is 5.73. The summed E-state index contributed by atoms with van der Waals surface area (Å²) in [6, 6.07) is -0.0747. The van der Waals surface area contributed by atoms with Gasteiger partial charge in [-0.1, -0.05) is 51.8 Å². The van der Waals surface area contributed by atoms with Crippen molar-refractivity contribution in [3.05, 3.63) is 11.0 Å². The number of sulfonamides is 1. The molecule has 0 bridgehead atoms. The van der Waals surface area contributed by atoms with Gasteiger partial charge in [0, 0.05) is 26.1 Å². The number of hydrogen-bond donors (Lipinski definition) is 2. The fraction of sp³-hybridized carbons (Fsp3) is 0.842. The Hall–Kier alpha value is -1.32. The van der Waals surface area contributed by atoms with Crippen molar-refractivity contribution in [1.82, 2.24) is 14.6 Å². The summed E-state index contributed by atoms with van der Waals surface area (Å²) in [5.74, 6) is -1.40. The van der Waals surface area contributed by atoms with Gasteiger partial charge in [-0.2, -0.15) is 5.53 Å². The van der Waals surface area contributed by atoms with Gasteiger partial charge in [-0.3, -0.25) is 9.69 Å². The molecule has 0 fully saturated rings. The lowest BCUT2D eigenvalue weighted by molar-refractivity contribution is -0.126. The van der Waals surface area contributed by atoms with Gasteiger partial charge in [0.25, 0.3) is 0 Å². The van der Waals surface area contributed by atoms with E-state index in [9.17, 15) is 13.2 Å². The zero-order valence-corrected chi connectivity index (χ0v) is 18.9. The van der Waals surface area contributed by atoms with Gasteiger partial charge in [0.15, 0.2) is 0 Å². The number of nitrogens with one attached hydrogen (secondary N) is 2. The monoisotopic (exact) mass is 415 g/mol. The maximum absolute atomic E-state index is 13.0. The Morgan fingerprint density at radius 3 is 2.14 bits per heavy atom. The first-order valence-corrected chi connectivity index (χ1v) is 11.6. The first-order valence-electron chi connectivity index (χ1n) is 10.2. The molecule has 1 rings (SSSR count). The van der Waals surface area contributed by atoms with Crippen molar-refractivity contribution in [3.63, 3.8) is 0 Å². The number of amides is 1. The lowest BCUT2D eigenvalue weighted by atomic mass is 9.75. The van der Waals surface area contributed by atoms with Gasteiger partial charge in [0.1, 0.15) is 0 Å². The molecule has 9 heteroatoms. The second-order valence-electron chi connectivity index (χ2n) is 7.85. The van der Waals surface area contributed by atoms with Crippen LogP contribution in [0.15, 0.2) is 16.2 Å². The van der Waals surface area contributed by atoms with Gasteiger partial charge >= 0.3 is 0 Å². The standard InChI is InChI=1S/C19H37N5O3S/c1-7-9-11-24(12-10-8-2)18-14(3)16(19(25)21-22-20)13-17(15(18)4)28(26,27)23(5)6/h13-16,18H,7-12H2,1-6H3,(H2,20,21,25)/t14-,15?,16?,18?/m1/s1. The fourth-order valence-corrected chi connectivity index (χ4v) is 5.42. The van der Waals surface area contributed by atoms with E-state index in [0.717, 1.165) is 38.8 Å². The molecule has 0 aromatic carbocycles. The number of rotatable bonds is 11. The molecule has 2 N–H and O–H groups in total. The van der Waals surface area contributed by atoms with E-state index in [1.807, 2.05) is 13.8 Å². The molecule has 0 aromatic rings. The number of carbonyl (C=O) groups excluding carboxylic acids is 1. The van der Waals surface area contributed by atoms with Crippen molar-refractivity contribution in [2.24, 2.45) is 23.0 Å². The molecule has 0 aromatic heterocycles. The second kappa shape index (κ2) is 11.0. The van der Waals surface area contributed by atoms with Crippen molar-refractivity contribution < 1.29 is 13.2 Å². The van der Waals surface area contributed by atoms with E-state index in [-0.39, 0.29) is 22.8 Å². The van der Waals surface area contributed by atoms with E-state index >= 15 is 0 Å². The van der Waals surface area contributed by atoms with Crippen LogP contribution in [0.25, 0.3) is 0 Å². The zero-order valence-electron chi connectivity index (χ0n) is 18.1. The Bertz CT molecular complexity index is 654. The average molecular weight is 416 g/mol. The van der Waals surface area contributed by atoms with Crippen molar-refractivity contribution >= 4 is 15.9 Å². The fourth-order valence-electron chi connectivity index (χ4n) is 4.07. The maximum atomic E-state index is 13.0. The van der Waals surface area contributed by atoms with Crippen LogP contribution in [0.4, 0.5) is 0 Å². The van der Waals surface area contributed by atoms with Crippen LogP contribution >= 0.6 is 0 Å². The van der Waals surface area contributed by atoms with Crippen LogP contribution in [0.3, 0.4) is 0 Å². The molecule has 162 valence electrons. The lowest BCUT2D eigenvalue weighted by Crippen LogP contribution is -2.53. The Morgan fingerprint density at radius 2 is 1.71 bits per heavy atom. The molecule has 0 radical (unpaired) electrons. The number of nitrogens with zero attached hydrogens (tertiary/aromatic N) is 3. The highest BCUT2D eigenvalue weighted by Gasteiger charge is 2.45. The van der Waals surface area contributed by atoms with E-state index in [4.69, 9.17) is 5.53 Å². The SMILES string of the molecule is CCCCN(CCCC)C1C(C)C(S(=O)(=O)N(C)C)=CC(C(=O)NN=N)[C@H]1C. The molecule has 1 aliphatic carbocycles. The molecule has 0 heterocycles. The molecule has 1 aliphatic rings. The molecule has 0 saturated carbocycles. The van der Waals surface area contributed by atoms with Gasteiger partial charge in [-0.05, 0) is 31.8 Å². The Kier molecular flexibility index (Phi) is 9.73. The molecule has 8 nitrogen and oxygen atoms in total. The minimum absolute atomic E-state index is 0.0747. The molecular formula is C19H37N5O3S. The molecule has 0 aliphatic heterocycles. The van der Waals surface area contributed by atoms with Gasteiger partial charge in [0.2, 0.25) is 15.9 Å². The topological polar surface area (TPSA) is 106 Å². The molecule has 1 amide bonds. The smallest absolute Gasteiger partial charge is 0.248 e. The summed E-state index contributed by atoms with van der Waals surface area (Å²) in [5, 5.41) is 3.00. The van der Waals surface area contributed by atoms with Crippen LogP contribution in [0.1, 0.15) is 53.4 Å². The highest BCUT2D eigenvalue weighted by molar-refractivity contribution is 7.93. The summed E-state index contributed by atoms with van der Waals surface area (Å²) < 4.78 is 27.1. The summed E-state index contributed by atoms with van der Waals surface area (Å²) in [5.41, 5.74) is 9.14. The second-order valence-corrected chi connectivity index (χ2v) is 10.0. The van der Waals surface area contributed by atoms with Gasteiger partial charge in [0.05, 0.1) is 10.8 Å². The number of hydrogen-bond acceptors (Lipinski definition) is 6. The Morgan fingerprint density at radius 1 is 1.18 bits per heavy atom. The third kappa shape index (κ3) is 5.61. The number of carbonyl (C=O) groups is 1. The summed E-state index contributed by atoms with van der Waals surface area (Å²) in [6.45, 7) is 9.97. The van der Waals surface area contributed by atoms with E-state index in [1.54, 1.807) is 6.08 Å². The summed E-state index contributed by atoms with van der Waals surface area (Å²) >= 11 is 0. The van der Waals surface area contributed by atoms with E-state index in [2.05, 4.69) is 29.4 Å². The quantitative estimate of drug-likeness (QED) is 0.400. The van der Waals surface area contributed by atoms with Crippen molar-refractivity contribution in [2.75, 3.05) is 27.2 Å². The minimum atomic E-state index is -3.65. The van der Waals surface area contributed by atoms with Crippen LogP contribution in [-0.4, -0.2) is 56.8 Å². The highest BCUT2D eigenvalue weighted by Crippen LogP contribution is 2.39. The third-order valence-corrected chi connectivity index (χ3v) is 7.74. The molecule has 4 atom stereocenters. The van der Waals surface area contributed by atoms with Gasteiger partial charge < -0.3 is 0 Å². The van der Waals surface area contributed by atoms with E-state index in [1.165, 1.54) is 18.4 Å². The zero-order chi connectivity index (χ0) is 21.5. The first-order chi connectivity index (χ1) is 13.1. The first kappa shape index (κ1) is 24.7. The van der Waals surface area contributed by atoms with Crippen LogP contribution in [0.2, 0.25) is 0 Å². The Balaban J connectivity index is 3.44. The van der Waals surface area contributed by atoms with Crippen LogP contribution in [0, 0.1) is 23.3 Å². The summed E-state index contributed by atoms with van der Waals surface area (Å²) in [4.78, 5) is 15.2. The predicted molar refractivity (Wildman–Crippen MR) is 111 cm³/mol. The molecule has 0 saturated heterocycles. The predicted octanol–water partition coefficient (Wildman–Crippen LogP) is 3.00. The average Bonchev–Trinajstić information content (AvgIpc) is 2.63. The highest BCUT2D eigenvalue weighted by atomic mass is 32.2. The summed E-state index contributed by atoms with van der Waals surface area (Å²) in [7, 11) is -0.631. The normalized spacial score (nSPS) is 25.6. The lowest BCUT2D eigenvalue weighted by Gasteiger charge is -2.45. The molecular weight excluding hydrogens is 378 g/mol. The van der Waals surface area contributed by atoms with Crippen LogP contribution in [-0.2, 0) is 14.8 Å². The largest absolute Gasteiger partial charge is 0.299 e. The molecule has 3 unspecified atom stereocenters. The van der Waals surface area contributed by atoms with Crippen LogP contribution < -0.4 is 5.43 Å². The van der Waals surface area contributed by atoms with Gasteiger partial charge in [-0.15, -0.1) is 0 Å². The van der Waals surface area contributed by atoms with Gasteiger partial charge in [-0.25, -0.2) is 18.1 Å².